The molecule has 10 nitrogen and oxygen atoms in total. The lowest BCUT2D eigenvalue weighted by molar-refractivity contribution is 0.0463. The second-order valence-electron chi connectivity index (χ2n) is 2.21. The molecule has 14 heavy (non-hydrogen) atoms. The van der Waals surface area contributed by atoms with Crippen molar-refractivity contribution in [3.8, 4) is 0 Å². The summed E-state index contributed by atoms with van der Waals surface area (Å²) in [6.07, 6.45) is 0. The Hall–Kier alpha value is 0.730. The maximum Gasteiger partial charge on any atom is 0.488 e. The fourth-order valence-corrected chi connectivity index (χ4v) is 6.38. The monoisotopic (exact) mass is 267 g/mol. The molecular formula is CH10N4O6P3+. The Bertz CT molecular complexity index is 276. The lowest BCUT2D eigenvalue weighted by atomic mass is 11.5. The molecule has 84 valence electrons. The van der Waals surface area contributed by atoms with Crippen LogP contribution >= 0.6 is 24.1 Å². The smallest absolute Gasteiger partial charge is 0.338 e. The number of hydrogen-bond acceptors (Lipinski definition) is 8. The van der Waals surface area contributed by atoms with E-state index in [9.17, 15) is 19.6 Å². The van der Waals surface area contributed by atoms with E-state index >= 15 is 0 Å². The minimum absolute atomic E-state index is 0.191. The van der Waals surface area contributed by atoms with Crippen molar-refractivity contribution in [2.45, 2.75) is 0 Å². The summed E-state index contributed by atoms with van der Waals surface area (Å²) < 4.78 is 3.07. The van der Waals surface area contributed by atoms with Gasteiger partial charge in [0.15, 0.2) is 0 Å². The molecule has 0 aliphatic carbocycles. The Kier molecular flexibility index (Phi) is 3.61. The molecule has 1 aliphatic heterocycles. The topological polar surface area (TPSA) is 152 Å². The first-order chi connectivity index (χ1) is 6.23. The van der Waals surface area contributed by atoms with Gasteiger partial charge in [0.05, 0.1) is 4.60 Å². The molecule has 1 rings (SSSR count). The summed E-state index contributed by atoms with van der Waals surface area (Å²) in [6.45, 7) is 0. The van der Waals surface area contributed by atoms with Gasteiger partial charge in [0, 0.05) is 11.6 Å². The van der Waals surface area contributed by atoms with Crippen LogP contribution in [0.1, 0.15) is 0 Å². The average molecular weight is 267 g/mol. The first-order valence-corrected chi connectivity index (χ1v) is 7.52. The molecule has 13 heteroatoms. The van der Waals surface area contributed by atoms with E-state index < -0.39 is 24.1 Å². The van der Waals surface area contributed by atoms with E-state index in [1.54, 1.807) is 0 Å². The molecular weight excluding hydrogens is 257 g/mol. The van der Waals surface area contributed by atoms with E-state index in [2.05, 4.69) is 9.94 Å². The molecule has 0 aromatic rings. The van der Waals surface area contributed by atoms with E-state index in [4.69, 9.17) is 10.1 Å². The molecule has 0 saturated carbocycles. The molecule has 1 unspecified atom stereocenters. The van der Waals surface area contributed by atoms with Crippen LogP contribution in [0, 0.1) is 0 Å². The zero-order valence-electron chi connectivity index (χ0n) is 6.87. The quantitative estimate of drug-likeness (QED) is 0.294. The highest BCUT2D eigenvalue weighted by molar-refractivity contribution is 7.81. The molecule has 0 saturated heterocycles. The van der Waals surface area contributed by atoms with Crippen LogP contribution in [0.25, 0.3) is 0 Å². The Morgan fingerprint density at radius 3 is 2.36 bits per heavy atom. The fraction of sp³-hybridized carbons (Fsp3) is 1.00. The third-order valence-corrected chi connectivity index (χ3v) is 7.76. The summed E-state index contributed by atoms with van der Waals surface area (Å²) in [5.74, 6) is 0. The van der Waals surface area contributed by atoms with Gasteiger partial charge < -0.3 is 14.7 Å². The largest absolute Gasteiger partial charge is 0.488 e. The predicted molar refractivity (Wildman–Crippen MR) is 48.8 cm³/mol. The van der Waals surface area contributed by atoms with Gasteiger partial charge in [-0.05, 0) is 0 Å². The van der Waals surface area contributed by atoms with Gasteiger partial charge in [-0.2, -0.15) is 14.3 Å². The molecule has 0 aromatic heterocycles. The van der Waals surface area contributed by atoms with E-state index in [0.717, 1.165) is 0 Å². The highest BCUT2D eigenvalue weighted by Gasteiger charge is 2.64. The van der Waals surface area contributed by atoms with Crippen LogP contribution < -0.4 is 5.43 Å². The van der Waals surface area contributed by atoms with Crippen LogP contribution in [0.2, 0.25) is 0 Å². The normalized spacial score (nSPS) is 32.6. The molecule has 1 atom stereocenters. The van der Waals surface area contributed by atoms with Crippen LogP contribution in [0.4, 0.5) is 0 Å². The first kappa shape index (κ1) is 12.8. The van der Waals surface area contributed by atoms with Crippen molar-refractivity contribution < 1.29 is 29.7 Å². The molecule has 1 heterocycles. The maximum absolute atomic E-state index is 9.32. The zero-order chi connectivity index (χ0) is 11.1. The molecule has 0 radical (unpaired) electrons. The fourth-order valence-electron chi connectivity index (χ4n) is 0.793. The van der Waals surface area contributed by atoms with Crippen molar-refractivity contribution in [3.05, 3.63) is 0 Å². The molecule has 0 spiro atoms. The maximum atomic E-state index is 9.32. The van der Waals surface area contributed by atoms with Crippen molar-refractivity contribution in [3.63, 3.8) is 0 Å². The minimum Gasteiger partial charge on any atom is -0.338 e. The summed E-state index contributed by atoms with van der Waals surface area (Å²) >= 11 is 0. The van der Waals surface area contributed by atoms with Crippen LogP contribution in [-0.2, 0) is 0 Å². The average Bonchev–Trinajstić information content (AvgIpc) is 1.99. The number of rotatable bonds is 1. The third kappa shape index (κ3) is 1.98. The molecule has 0 fully saturated rings. The van der Waals surface area contributed by atoms with Crippen LogP contribution in [-0.4, -0.2) is 45.9 Å². The third-order valence-electron chi connectivity index (χ3n) is 1.31. The van der Waals surface area contributed by atoms with Gasteiger partial charge in [-0.15, -0.1) is 0 Å². The second-order valence-corrected chi connectivity index (χ2v) is 7.80. The van der Waals surface area contributed by atoms with E-state index in [0.29, 0.717) is 0 Å². The highest BCUT2D eigenvalue weighted by Crippen LogP contribution is 2.78. The van der Waals surface area contributed by atoms with Crippen LogP contribution in [0.5, 0.6) is 0 Å². The first-order valence-electron chi connectivity index (χ1n) is 3.12. The number of hydrogen-bond donors (Lipinski definition) is 7. The van der Waals surface area contributed by atoms with Gasteiger partial charge >= 0.3 is 24.1 Å². The van der Waals surface area contributed by atoms with Gasteiger partial charge in [0.2, 0.25) is 0 Å². The summed E-state index contributed by atoms with van der Waals surface area (Å²) in [5.41, 5.74) is 2.07. The summed E-state index contributed by atoms with van der Waals surface area (Å²) in [5, 5.41) is 9.02. The number of nitrogens with one attached hydrogen (secondary N) is 1. The predicted octanol–water partition coefficient (Wildman–Crippen LogP) is -1.06. The van der Waals surface area contributed by atoms with Gasteiger partial charge in [-0.3, -0.25) is 5.21 Å². The molecule has 7 N–H and O–H groups in total. The molecule has 0 bridgehead atoms. The Labute approximate surface area is 80.8 Å². The van der Waals surface area contributed by atoms with Crippen molar-refractivity contribution in [2.75, 3.05) is 7.05 Å². The molecule has 0 aromatic carbocycles. The molecule has 1 aliphatic rings. The highest BCUT2D eigenvalue weighted by atomic mass is 31.3. The Morgan fingerprint density at radius 1 is 1.43 bits per heavy atom. The SMILES string of the molecule is CNN1P(O)(O)=NP(O)N(O)[P+]1(O)O. The lowest BCUT2D eigenvalue weighted by Gasteiger charge is -2.34. The second kappa shape index (κ2) is 3.95. The standard InChI is InChI=1S/CH10N4O6P3/c1-2-4-13(8,9)3-12(7)5(6)14(4,10)11/h2,6-11H,1H3/q+1. The summed E-state index contributed by atoms with van der Waals surface area (Å²) in [6, 6.07) is 0. The van der Waals surface area contributed by atoms with Crippen LogP contribution in [0.3, 0.4) is 0 Å². The number of hydrazine groups is 1. The van der Waals surface area contributed by atoms with Gasteiger partial charge in [0.1, 0.15) is 0 Å². The number of nitrogens with zero attached hydrogens (tertiary/aromatic N) is 3. The van der Waals surface area contributed by atoms with Crippen molar-refractivity contribution in [2.24, 2.45) is 4.52 Å². The van der Waals surface area contributed by atoms with Crippen molar-refractivity contribution in [1.82, 2.24) is 14.6 Å². The Morgan fingerprint density at radius 2 is 1.93 bits per heavy atom. The minimum atomic E-state index is -4.37. The zero-order valence-corrected chi connectivity index (χ0v) is 9.55. The van der Waals surface area contributed by atoms with Gasteiger partial charge in [-0.25, -0.2) is 5.43 Å². The van der Waals surface area contributed by atoms with E-state index in [-0.39, 0.29) is 9.15 Å². The van der Waals surface area contributed by atoms with Gasteiger partial charge in [0.25, 0.3) is 0 Å². The summed E-state index contributed by atoms with van der Waals surface area (Å²) in [4.78, 5) is 46.1. The van der Waals surface area contributed by atoms with Gasteiger partial charge in [-0.1, -0.05) is 0 Å². The lowest BCUT2D eigenvalue weighted by Crippen LogP contribution is -2.39. The molecule has 0 amide bonds. The van der Waals surface area contributed by atoms with E-state index in [1.165, 1.54) is 7.05 Å². The van der Waals surface area contributed by atoms with Crippen molar-refractivity contribution >= 4 is 24.1 Å². The van der Waals surface area contributed by atoms with E-state index in [1.807, 2.05) is 0 Å². The van der Waals surface area contributed by atoms with Crippen molar-refractivity contribution in [1.29, 1.82) is 0 Å². The van der Waals surface area contributed by atoms with Crippen LogP contribution in [0.15, 0.2) is 4.52 Å². The summed E-state index contributed by atoms with van der Waals surface area (Å²) in [7, 11) is -10.1. The Balaban J connectivity index is 3.20.